The molecule has 1 heterocycles. The molecule has 3 unspecified atom stereocenters. The second kappa shape index (κ2) is 29.0. The molecule has 1 aliphatic heterocycles. The normalized spacial score (nSPS) is 20.6. The van der Waals surface area contributed by atoms with Crippen LogP contribution >= 0.6 is 0 Å². The maximum atomic E-state index is 6.85. The Balaban J connectivity index is 2.77. The molecular formula is C42H77NO2. The van der Waals surface area contributed by atoms with Gasteiger partial charge < -0.3 is 14.4 Å². The fraction of sp³-hybridized carbons (Fsp3) is 0.810. The third-order valence-corrected chi connectivity index (χ3v) is 9.38. The van der Waals surface area contributed by atoms with Crippen LogP contribution in [0.25, 0.3) is 0 Å². The summed E-state index contributed by atoms with van der Waals surface area (Å²) >= 11 is 0. The minimum absolute atomic E-state index is 0.177. The minimum atomic E-state index is -0.411. The molecule has 0 aromatic heterocycles. The highest BCUT2D eigenvalue weighted by Crippen LogP contribution is 2.38. The van der Waals surface area contributed by atoms with Gasteiger partial charge in [-0.05, 0) is 90.1 Å². The zero-order valence-electron chi connectivity index (χ0n) is 31.1. The van der Waals surface area contributed by atoms with Gasteiger partial charge in [0.2, 0.25) is 0 Å². The third kappa shape index (κ3) is 22.9. The van der Waals surface area contributed by atoms with Crippen molar-refractivity contribution >= 4 is 0 Å². The van der Waals surface area contributed by atoms with Gasteiger partial charge in [0, 0.05) is 19.4 Å². The van der Waals surface area contributed by atoms with Gasteiger partial charge in [-0.1, -0.05) is 141 Å². The Morgan fingerprint density at radius 2 is 1.07 bits per heavy atom. The first-order valence-electron chi connectivity index (χ1n) is 19.5. The van der Waals surface area contributed by atoms with Gasteiger partial charge in [-0.2, -0.15) is 0 Å². The van der Waals surface area contributed by atoms with Crippen LogP contribution in [-0.2, 0) is 9.47 Å². The van der Waals surface area contributed by atoms with Gasteiger partial charge in [-0.15, -0.1) is 0 Å². The molecule has 0 saturated carbocycles. The van der Waals surface area contributed by atoms with Crippen LogP contribution in [0.4, 0.5) is 0 Å². The molecule has 0 N–H and O–H groups in total. The fourth-order valence-corrected chi connectivity index (χ4v) is 6.47. The summed E-state index contributed by atoms with van der Waals surface area (Å²) in [6.45, 7) is 10.9. The highest BCUT2D eigenvalue weighted by atomic mass is 16.7. The quantitative estimate of drug-likeness (QED) is 0.0584. The number of unbranched alkanes of at least 4 members (excludes halogenated alkanes) is 8. The maximum absolute atomic E-state index is 6.85. The van der Waals surface area contributed by atoms with Gasteiger partial charge in [0.25, 0.3) is 0 Å². The maximum Gasteiger partial charge on any atom is 0.168 e. The van der Waals surface area contributed by atoms with Crippen LogP contribution in [0.3, 0.4) is 0 Å². The summed E-state index contributed by atoms with van der Waals surface area (Å²) in [6.07, 6.45) is 46.4. The van der Waals surface area contributed by atoms with Crippen molar-refractivity contribution in [2.75, 3.05) is 27.2 Å². The smallest absolute Gasteiger partial charge is 0.168 e. The van der Waals surface area contributed by atoms with E-state index in [1.807, 2.05) is 0 Å². The van der Waals surface area contributed by atoms with Crippen molar-refractivity contribution in [2.45, 2.75) is 181 Å². The van der Waals surface area contributed by atoms with Crippen molar-refractivity contribution < 1.29 is 9.47 Å². The van der Waals surface area contributed by atoms with E-state index in [1.165, 1.54) is 116 Å². The van der Waals surface area contributed by atoms with Crippen LogP contribution in [0.1, 0.15) is 169 Å². The molecule has 0 aromatic carbocycles. The summed E-state index contributed by atoms with van der Waals surface area (Å²) in [5.74, 6) is 1.01. The van der Waals surface area contributed by atoms with Gasteiger partial charge in [0.1, 0.15) is 0 Å². The first kappa shape index (κ1) is 41.9. The number of rotatable bonds is 30. The van der Waals surface area contributed by atoms with Gasteiger partial charge in [0.15, 0.2) is 5.79 Å². The molecule has 3 nitrogen and oxygen atoms in total. The number of likely N-dealkylation sites (N-methyl/N-ethyl adjacent to an activating group) is 1. The Labute approximate surface area is 282 Å². The lowest BCUT2D eigenvalue weighted by Crippen LogP contribution is -2.35. The average Bonchev–Trinajstić information content (AvgIpc) is 3.43. The van der Waals surface area contributed by atoms with Crippen molar-refractivity contribution in [3.05, 3.63) is 48.6 Å². The molecule has 0 spiro atoms. The highest BCUT2D eigenvalue weighted by Gasteiger charge is 2.41. The lowest BCUT2D eigenvalue weighted by molar-refractivity contribution is -0.183. The summed E-state index contributed by atoms with van der Waals surface area (Å²) < 4.78 is 13.5. The summed E-state index contributed by atoms with van der Waals surface area (Å²) in [4.78, 5) is 2.24. The number of allylic oxidation sites excluding steroid dienone is 8. The molecule has 3 atom stereocenters. The molecule has 0 bridgehead atoms. The summed E-state index contributed by atoms with van der Waals surface area (Å²) in [5.41, 5.74) is 0. The van der Waals surface area contributed by atoms with Crippen molar-refractivity contribution in [1.82, 2.24) is 4.90 Å². The second-order valence-corrected chi connectivity index (χ2v) is 14.1. The molecule has 1 rings (SSSR count). The molecule has 3 heteroatoms. The molecule has 0 amide bonds. The molecule has 0 aliphatic carbocycles. The topological polar surface area (TPSA) is 21.7 Å². The molecule has 45 heavy (non-hydrogen) atoms. The number of nitrogens with zero attached hydrogens (tertiary/aromatic N) is 1. The fourth-order valence-electron chi connectivity index (χ4n) is 6.47. The second-order valence-electron chi connectivity index (χ2n) is 14.1. The molecule has 1 saturated heterocycles. The highest BCUT2D eigenvalue weighted by molar-refractivity contribution is 4.95. The van der Waals surface area contributed by atoms with E-state index in [0.717, 1.165) is 38.8 Å². The van der Waals surface area contributed by atoms with Crippen LogP contribution in [0.15, 0.2) is 48.6 Å². The molecule has 1 aliphatic rings. The Bertz CT molecular complexity index is 717. The van der Waals surface area contributed by atoms with Crippen molar-refractivity contribution in [3.63, 3.8) is 0 Å². The Hall–Kier alpha value is -1.16. The lowest BCUT2D eigenvalue weighted by Gasteiger charge is -2.32. The van der Waals surface area contributed by atoms with Gasteiger partial charge in [-0.3, -0.25) is 0 Å². The largest absolute Gasteiger partial charge is 0.347 e. The molecule has 0 radical (unpaired) electrons. The first-order chi connectivity index (χ1) is 22.0. The van der Waals surface area contributed by atoms with E-state index in [4.69, 9.17) is 9.47 Å². The monoisotopic (exact) mass is 628 g/mol. The van der Waals surface area contributed by atoms with Crippen molar-refractivity contribution in [2.24, 2.45) is 11.8 Å². The number of ether oxygens (including phenoxy) is 2. The Morgan fingerprint density at radius 1 is 0.600 bits per heavy atom. The van der Waals surface area contributed by atoms with E-state index in [0.29, 0.717) is 11.8 Å². The van der Waals surface area contributed by atoms with Gasteiger partial charge in [-0.25, -0.2) is 0 Å². The SMILES string of the molecule is CCCCC/C=C\C/C=C\CC(CCCC)CCC1(CCC(C/C=C\C/C=C\CCCCC)CCCC)OCC(CN(C)C)O1. The van der Waals surface area contributed by atoms with E-state index in [1.54, 1.807) is 0 Å². The van der Waals surface area contributed by atoms with Crippen molar-refractivity contribution in [3.8, 4) is 0 Å². The van der Waals surface area contributed by atoms with Crippen LogP contribution in [-0.4, -0.2) is 44.0 Å². The van der Waals surface area contributed by atoms with Crippen LogP contribution in [0.5, 0.6) is 0 Å². The number of hydrogen-bond donors (Lipinski definition) is 0. The van der Waals surface area contributed by atoms with E-state index in [9.17, 15) is 0 Å². The van der Waals surface area contributed by atoms with E-state index in [-0.39, 0.29) is 6.10 Å². The Morgan fingerprint density at radius 3 is 1.51 bits per heavy atom. The molecular weight excluding hydrogens is 550 g/mol. The van der Waals surface area contributed by atoms with Gasteiger partial charge >= 0.3 is 0 Å². The van der Waals surface area contributed by atoms with E-state index in [2.05, 4.69) is 95.3 Å². The average molecular weight is 628 g/mol. The van der Waals surface area contributed by atoms with Crippen molar-refractivity contribution in [1.29, 1.82) is 0 Å². The standard InChI is InChI=1S/C42H77NO2/c1-7-11-15-17-19-21-23-25-27-31-39(29-13-9-3)33-35-42(44-38-41(45-42)37-43(5)6)36-34-40(30-14-10-4)32-28-26-24-22-20-18-16-12-8-2/h19-22,25-28,39-41H,7-18,23-24,29-38H2,1-6H3/b21-19-,22-20-,27-25-,28-26-. The summed E-state index contributed by atoms with van der Waals surface area (Å²) in [7, 11) is 4.29. The molecule has 1 fully saturated rings. The zero-order chi connectivity index (χ0) is 32.9. The van der Waals surface area contributed by atoms with Gasteiger partial charge in [0.05, 0.1) is 12.7 Å². The van der Waals surface area contributed by atoms with Crippen LogP contribution < -0.4 is 0 Å². The zero-order valence-corrected chi connectivity index (χ0v) is 31.1. The molecule has 262 valence electrons. The number of hydrogen-bond acceptors (Lipinski definition) is 3. The third-order valence-electron chi connectivity index (χ3n) is 9.38. The summed E-state index contributed by atoms with van der Waals surface area (Å²) in [5, 5.41) is 0. The van der Waals surface area contributed by atoms with E-state index >= 15 is 0 Å². The minimum Gasteiger partial charge on any atom is -0.347 e. The van der Waals surface area contributed by atoms with E-state index < -0.39 is 5.79 Å². The predicted molar refractivity (Wildman–Crippen MR) is 200 cm³/mol. The predicted octanol–water partition coefficient (Wildman–Crippen LogP) is 12.8. The van der Waals surface area contributed by atoms with Crippen LogP contribution in [0.2, 0.25) is 0 Å². The van der Waals surface area contributed by atoms with Crippen LogP contribution in [0, 0.1) is 11.8 Å². The molecule has 0 aromatic rings. The Kier molecular flexibility index (Phi) is 27.0. The first-order valence-corrected chi connectivity index (χ1v) is 19.5. The lowest BCUT2D eigenvalue weighted by atomic mass is 9.87. The summed E-state index contributed by atoms with van der Waals surface area (Å²) in [6, 6.07) is 0.